The molecule has 1 heterocycles. The van der Waals surface area contributed by atoms with Crippen molar-refractivity contribution >= 4 is 21.8 Å². The average Bonchev–Trinajstić information content (AvgIpc) is 3.03. The molecular formula is C15H24N4O8S. The summed E-state index contributed by atoms with van der Waals surface area (Å²) >= 11 is 0. The van der Waals surface area contributed by atoms with Gasteiger partial charge in [0.25, 0.3) is 5.69 Å². The van der Waals surface area contributed by atoms with Crippen molar-refractivity contribution in [2.75, 3.05) is 26.1 Å². The molecular weight excluding hydrogens is 396 g/mol. The number of hydrogen-bond donors (Lipinski definition) is 1. The molecule has 0 saturated carbocycles. The Bertz CT molecular complexity index is 853. The highest BCUT2D eigenvalue weighted by molar-refractivity contribution is 7.80. The quantitative estimate of drug-likeness (QED) is 0.155. The average molecular weight is 420 g/mol. The molecule has 158 valence electrons. The summed E-state index contributed by atoms with van der Waals surface area (Å²) in [5, 5.41) is 14.2. The van der Waals surface area contributed by atoms with Crippen LogP contribution in [0.2, 0.25) is 0 Å². The molecule has 0 bridgehead atoms. The van der Waals surface area contributed by atoms with Gasteiger partial charge in [-0.2, -0.15) is 0 Å². The number of nitro groups is 1. The van der Waals surface area contributed by atoms with Crippen LogP contribution in [0.4, 0.5) is 11.4 Å². The van der Waals surface area contributed by atoms with Crippen LogP contribution in [0.25, 0.3) is 0 Å². The topological polar surface area (TPSA) is 171 Å². The lowest BCUT2D eigenvalue weighted by Crippen LogP contribution is -2.23. The van der Waals surface area contributed by atoms with Crippen molar-refractivity contribution < 1.29 is 36.9 Å². The van der Waals surface area contributed by atoms with Gasteiger partial charge in [0.15, 0.2) is 0 Å². The Morgan fingerprint density at radius 3 is 2.43 bits per heavy atom. The highest BCUT2D eigenvalue weighted by Gasteiger charge is 2.14. The van der Waals surface area contributed by atoms with Gasteiger partial charge in [0.1, 0.15) is 23.8 Å². The summed E-state index contributed by atoms with van der Waals surface area (Å²) in [5.41, 5.74) is 0.542. The lowest BCUT2D eigenvalue weighted by molar-refractivity contribution is -0.671. The van der Waals surface area contributed by atoms with E-state index < -0.39 is 15.3 Å². The highest BCUT2D eigenvalue weighted by Crippen LogP contribution is 2.28. The monoisotopic (exact) mass is 420 g/mol. The van der Waals surface area contributed by atoms with Crippen LogP contribution in [0.1, 0.15) is 6.42 Å². The van der Waals surface area contributed by atoms with Crippen LogP contribution in [-0.4, -0.2) is 48.7 Å². The number of aryl methyl sites for hydroxylation is 2. The minimum absolute atomic E-state index is 0. The summed E-state index contributed by atoms with van der Waals surface area (Å²) in [6.45, 7) is 1.52. The van der Waals surface area contributed by atoms with Crippen LogP contribution in [0, 0.1) is 10.1 Å². The van der Waals surface area contributed by atoms with Crippen molar-refractivity contribution in [2.45, 2.75) is 13.0 Å². The molecule has 0 unspecified atom stereocenters. The summed E-state index contributed by atoms with van der Waals surface area (Å²) in [6.07, 6.45) is 6.84. The number of anilines is 1. The van der Waals surface area contributed by atoms with Crippen molar-refractivity contribution in [3.63, 3.8) is 0 Å². The van der Waals surface area contributed by atoms with Gasteiger partial charge in [0.05, 0.1) is 38.8 Å². The molecule has 1 aromatic carbocycles. The van der Waals surface area contributed by atoms with Gasteiger partial charge in [-0.15, -0.1) is 0 Å². The molecule has 0 aliphatic rings. The fourth-order valence-electron chi connectivity index (χ4n) is 2.06. The van der Waals surface area contributed by atoms with Gasteiger partial charge >= 0.3 is 0 Å². The molecule has 0 aliphatic heterocycles. The van der Waals surface area contributed by atoms with Gasteiger partial charge < -0.3 is 20.1 Å². The largest absolute Gasteiger partial charge is 0.726 e. The van der Waals surface area contributed by atoms with Gasteiger partial charge in [0, 0.05) is 13.0 Å². The summed E-state index contributed by atoms with van der Waals surface area (Å²) < 4.78 is 40.1. The Hall–Kier alpha value is -2.74. The Kier molecular flexibility index (Phi) is 10.7. The molecule has 0 atom stereocenters. The van der Waals surface area contributed by atoms with Crippen molar-refractivity contribution in [1.82, 2.24) is 4.57 Å². The van der Waals surface area contributed by atoms with Crippen LogP contribution in [-0.2, 0) is 28.2 Å². The number of rotatable bonds is 8. The molecule has 0 amide bonds. The normalized spacial score (nSPS) is 10.3. The molecule has 0 saturated heterocycles. The van der Waals surface area contributed by atoms with E-state index in [1.165, 1.54) is 13.2 Å². The van der Waals surface area contributed by atoms with Gasteiger partial charge in [-0.3, -0.25) is 14.3 Å². The Labute approximate surface area is 162 Å². The minimum atomic E-state index is -4.41. The van der Waals surface area contributed by atoms with Crippen LogP contribution >= 0.6 is 0 Å². The lowest BCUT2D eigenvalue weighted by atomic mass is 10.2. The van der Waals surface area contributed by atoms with E-state index in [4.69, 9.17) is 4.74 Å². The number of nitrogens with one attached hydrogen (secondary N) is 1. The maximum atomic E-state index is 11.0. The zero-order valence-corrected chi connectivity index (χ0v) is 16.5. The number of benzene rings is 1. The second-order valence-corrected chi connectivity index (χ2v) is 6.46. The first-order valence-electron chi connectivity index (χ1n) is 7.75. The molecule has 28 heavy (non-hydrogen) atoms. The summed E-state index contributed by atoms with van der Waals surface area (Å²) in [4.78, 5) is 10.6. The number of methoxy groups -OCH3 is 1. The Morgan fingerprint density at radius 2 is 1.96 bits per heavy atom. The number of hydrogen-bond acceptors (Lipinski definition) is 8. The van der Waals surface area contributed by atoms with E-state index >= 15 is 0 Å². The molecule has 0 fully saturated rings. The van der Waals surface area contributed by atoms with Gasteiger partial charge in [0.2, 0.25) is 16.7 Å². The predicted octanol–water partition coefficient (Wildman–Crippen LogP) is -0.000100. The van der Waals surface area contributed by atoms with Crippen molar-refractivity contribution in [1.29, 1.82) is 0 Å². The third-order valence-corrected chi connectivity index (χ3v) is 3.75. The molecule has 2 rings (SSSR count). The van der Waals surface area contributed by atoms with E-state index in [1.807, 2.05) is 30.3 Å². The van der Waals surface area contributed by atoms with Gasteiger partial charge in [-0.1, -0.05) is 0 Å². The highest BCUT2D eigenvalue weighted by atomic mass is 32.3. The maximum absolute atomic E-state index is 11.0. The first-order chi connectivity index (χ1) is 12.7. The Morgan fingerprint density at radius 1 is 1.32 bits per heavy atom. The lowest BCUT2D eigenvalue weighted by Gasteiger charge is -2.07. The SMILES string of the molecule is COS(=O)(=O)[O-].COc1ccc(NCCCn2cc[n+](C)c2)c([N+](=O)[O-])c1.O. The summed E-state index contributed by atoms with van der Waals surface area (Å²) in [6, 6.07) is 4.81. The summed E-state index contributed by atoms with van der Waals surface area (Å²) in [5.74, 6) is 0.479. The fourth-order valence-corrected chi connectivity index (χ4v) is 2.06. The number of aromatic nitrogens is 2. The third kappa shape index (κ3) is 9.27. The predicted molar refractivity (Wildman–Crippen MR) is 98.7 cm³/mol. The van der Waals surface area contributed by atoms with Crippen LogP contribution in [0.3, 0.4) is 0 Å². The zero-order chi connectivity index (χ0) is 20.4. The third-order valence-electron chi connectivity index (χ3n) is 3.34. The van der Waals surface area contributed by atoms with Crippen molar-refractivity contribution in [3.8, 4) is 5.75 Å². The van der Waals surface area contributed by atoms with Crippen LogP contribution < -0.4 is 14.6 Å². The van der Waals surface area contributed by atoms with E-state index in [0.717, 1.165) is 20.1 Å². The smallest absolute Gasteiger partial charge is 0.296 e. The van der Waals surface area contributed by atoms with Crippen LogP contribution in [0.15, 0.2) is 36.9 Å². The molecule has 2 aromatic rings. The molecule has 0 aliphatic carbocycles. The molecule has 0 spiro atoms. The first kappa shape index (κ1) is 25.3. The zero-order valence-electron chi connectivity index (χ0n) is 15.7. The van der Waals surface area contributed by atoms with E-state index in [2.05, 4.69) is 14.1 Å². The Balaban J connectivity index is 0.000000910. The van der Waals surface area contributed by atoms with Crippen LogP contribution in [0.5, 0.6) is 5.75 Å². The van der Waals surface area contributed by atoms with Gasteiger partial charge in [-0.25, -0.2) is 17.6 Å². The van der Waals surface area contributed by atoms with Gasteiger partial charge in [-0.05, 0) is 12.1 Å². The number of nitro benzene ring substituents is 1. The number of ether oxygens (including phenoxy) is 1. The first-order valence-corrected chi connectivity index (χ1v) is 9.08. The molecule has 3 N–H and O–H groups in total. The maximum Gasteiger partial charge on any atom is 0.296 e. The molecule has 1 aromatic heterocycles. The van der Waals surface area contributed by atoms with Crippen molar-refractivity contribution in [3.05, 3.63) is 47.0 Å². The number of nitrogens with zero attached hydrogens (tertiary/aromatic N) is 3. The second-order valence-electron chi connectivity index (χ2n) is 5.31. The summed E-state index contributed by atoms with van der Waals surface area (Å²) in [7, 11) is -0.147. The molecule has 13 heteroatoms. The van der Waals surface area contributed by atoms with E-state index in [1.54, 1.807) is 12.1 Å². The second kappa shape index (κ2) is 11.9. The number of imidazole rings is 1. The molecule has 0 radical (unpaired) electrons. The fraction of sp³-hybridized carbons (Fsp3) is 0.400. The molecule has 12 nitrogen and oxygen atoms in total. The van der Waals surface area contributed by atoms with Crippen molar-refractivity contribution in [2.24, 2.45) is 7.05 Å². The standard InChI is InChI=1S/C14H19N4O3.CH4O4S.H2O/c1-16-8-9-17(11-16)7-3-6-15-13-5-4-12(21-2)10-14(13)18(19)20;1-5-6(2,3)4;/h4-5,8-11,15H,3,6-7H2,1-2H3;1H3,(H,2,3,4);1H2/q+1;;/p-1. The van der Waals surface area contributed by atoms with E-state index in [0.29, 0.717) is 18.0 Å². The van der Waals surface area contributed by atoms with E-state index in [-0.39, 0.29) is 11.2 Å². The van der Waals surface area contributed by atoms with E-state index in [9.17, 15) is 23.1 Å². The minimum Gasteiger partial charge on any atom is -0.726 e.